The second kappa shape index (κ2) is 13.3. The van der Waals surface area contributed by atoms with Gasteiger partial charge in [0.2, 0.25) is 0 Å². The first-order valence-corrected chi connectivity index (χ1v) is 11.4. The van der Waals surface area contributed by atoms with E-state index in [1.165, 1.54) is 38.7 Å². The topological polar surface area (TPSA) is 178 Å². The Morgan fingerprint density at radius 1 is 1.06 bits per heavy atom. The highest BCUT2D eigenvalue weighted by Gasteiger charge is 2.34. The SMILES string of the molecule is COc1cc2c(Nc3ccc(Br)c(Cl)c3F)ncnc2cc1O[C@@H](CO)[C@@H](O)[C@H](O)[C@H](CO)OC.O. The summed E-state index contributed by atoms with van der Waals surface area (Å²) in [5, 5.41) is 43.0. The second-order valence-corrected chi connectivity index (χ2v) is 8.60. The lowest BCUT2D eigenvalue weighted by molar-refractivity contribution is -0.127. The summed E-state index contributed by atoms with van der Waals surface area (Å²) in [6, 6.07) is 6.09. The monoisotopic (exact) mass is 593 g/mol. The minimum atomic E-state index is -1.61. The average molecular weight is 595 g/mol. The largest absolute Gasteiger partial charge is 0.493 e. The molecule has 0 bridgehead atoms. The molecule has 0 aliphatic carbocycles. The minimum Gasteiger partial charge on any atom is -0.493 e. The molecular formula is C22H26BrClFN3O8. The van der Waals surface area contributed by atoms with Crippen LogP contribution < -0.4 is 14.8 Å². The highest BCUT2D eigenvalue weighted by atomic mass is 79.9. The first-order valence-electron chi connectivity index (χ1n) is 10.3. The number of methoxy groups -OCH3 is 2. The number of hydrogen-bond donors (Lipinski definition) is 5. The molecule has 1 heterocycles. The smallest absolute Gasteiger partial charge is 0.166 e. The van der Waals surface area contributed by atoms with Crippen LogP contribution in [0.3, 0.4) is 0 Å². The van der Waals surface area contributed by atoms with Crippen molar-refractivity contribution < 1.29 is 44.5 Å². The van der Waals surface area contributed by atoms with Crippen LogP contribution in [0.2, 0.25) is 5.02 Å². The van der Waals surface area contributed by atoms with Gasteiger partial charge in [0.05, 0.1) is 36.6 Å². The van der Waals surface area contributed by atoms with Gasteiger partial charge in [0.1, 0.15) is 30.5 Å². The van der Waals surface area contributed by atoms with Crippen LogP contribution in [0, 0.1) is 5.82 Å². The second-order valence-electron chi connectivity index (χ2n) is 7.37. The Kier molecular flexibility index (Phi) is 11.0. The van der Waals surface area contributed by atoms with Crippen molar-refractivity contribution >= 4 is 49.9 Å². The zero-order valence-electron chi connectivity index (χ0n) is 19.2. The van der Waals surface area contributed by atoms with Gasteiger partial charge in [-0.1, -0.05) is 11.6 Å². The summed E-state index contributed by atoms with van der Waals surface area (Å²) < 4.78 is 31.0. The van der Waals surface area contributed by atoms with Crippen LogP contribution in [0.25, 0.3) is 10.9 Å². The van der Waals surface area contributed by atoms with Crippen LogP contribution in [-0.4, -0.2) is 87.7 Å². The maximum Gasteiger partial charge on any atom is 0.166 e. The molecule has 0 aliphatic heterocycles. The summed E-state index contributed by atoms with van der Waals surface area (Å²) in [7, 11) is 2.64. The third kappa shape index (κ3) is 6.30. The molecule has 2 aromatic carbocycles. The predicted octanol–water partition coefficient (Wildman–Crippen LogP) is 1.58. The predicted molar refractivity (Wildman–Crippen MR) is 133 cm³/mol. The number of ether oxygens (including phenoxy) is 3. The molecule has 0 saturated heterocycles. The fourth-order valence-electron chi connectivity index (χ4n) is 3.31. The Hall–Kier alpha value is -2.36. The number of benzene rings is 2. The van der Waals surface area contributed by atoms with E-state index in [1.807, 2.05) is 0 Å². The zero-order valence-corrected chi connectivity index (χ0v) is 21.5. The molecule has 7 N–H and O–H groups in total. The molecule has 1 aromatic heterocycles. The van der Waals surface area contributed by atoms with E-state index in [0.717, 1.165) is 0 Å². The first-order chi connectivity index (χ1) is 16.7. The van der Waals surface area contributed by atoms with Crippen molar-refractivity contribution in [2.24, 2.45) is 0 Å². The van der Waals surface area contributed by atoms with Crippen LogP contribution in [0.4, 0.5) is 15.9 Å². The van der Waals surface area contributed by atoms with Crippen molar-refractivity contribution in [2.45, 2.75) is 24.4 Å². The molecular weight excluding hydrogens is 569 g/mol. The van der Waals surface area contributed by atoms with Gasteiger partial charge in [0.25, 0.3) is 0 Å². The number of aliphatic hydroxyl groups is 4. The van der Waals surface area contributed by atoms with Gasteiger partial charge in [-0.3, -0.25) is 0 Å². The number of aliphatic hydroxyl groups excluding tert-OH is 4. The van der Waals surface area contributed by atoms with Crippen LogP contribution in [0.15, 0.2) is 35.1 Å². The van der Waals surface area contributed by atoms with Crippen molar-refractivity contribution in [3.8, 4) is 11.5 Å². The van der Waals surface area contributed by atoms with E-state index in [2.05, 4.69) is 31.2 Å². The Bertz CT molecular complexity index is 1170. The molecule has 4 atom stereocenters. The van der Waals surface area contributed by atoms with Gasteiger partial charge in [-0.25, -0.2) is 14.4 Å². The van der Waals surface area contributed by atoms with Gasteiger partial charge in [0, 0.05) is 23.0 Å². The Balaban J connectivity index is 0.00000456. The molecule has 14 heteroatoms. The summed E-state index contributed by atoms with van der Waals surface area (Å²) in [6.45, 7) is -1.22. The highest BCUT2D eigenvalue weighted by molar-refractivity contribution is 9.10. The van der Waals surface area contributed by atoms with Gasteiger partial charge in [-0.05, 0) is 34.1 Å². The Labute approximate surface area is 218 Å². The molecule has 0 amide bonds. The lowest BCUT2D eigenvalue weighted by atomic mass is 10.0. The molecule has 0 spiro atoms. The maximum absolute atomic E-state index is 14.6. The van der Waals surface area contributed by atoms with Gasteiger partial charge >= 0.3 is 0 Å². The lowest BCUT2D eigenvalue weighted by Crippen LogP contribution is -2.49. The van der Waals surface area contributed by atoms with Crippen molar-refractivity contribution in [1.82, 2.24) is 9.97 Å². The fraction of sp³-hybridized carbons (Fsp3) is 0.364. The summed E-state index contributed by atoms with van der Waals surface area (Å²) in [6.07, 6.45) is -4.27. The molecule has 11 nitrogen and oxygen atoms in total. The number of aromatic nitrogens is 2. The molecule has 0 radical (unpaired) electrons. The van der Waals surface area contributed by atoms with Crippen LogP contribution >= 0.6 is 27.5 Å². The molecule has 0 fully saturated rings. The normalized spacial score (nSPS) is 14.5. The maximum atomic E-state index is 14.6. The molecule has 198 valence electrons. The number of halogens is 3. The standard InChI is InChI=1S/C22H24BrClFN3O7.H2O/c1-33-14-5-10-13(6-15(14)35-17(8-30)21(32)20(31)16(7-29)34-2)26-9-27-22(10)28-12-4-3-11(23)18(24)19(12)25;/h3-6,9,16-17,20-21,29-32H,7-8H2,1-2H3,(H,26,27,28);1H2/t16-,17-,20+,21+;/m0./s1. The number of nitrogens with zero attached hydrogens (tertiary/aromatic N) is 2. The molecule has 3 aromatic rings. The van der Waals surface area contributed by atoms with Gasteiger partial charge in [0.15, 0.2) is 23.4 Å². The van der Waals surface area contributed by atoms with Crippen molar-refractivity contribution in [3.05, 3.63) is 45.9 Å². The third-order valence-electron chi connectivity index (χ3n) is 5.26. The van der Waals surface area contributed by atoms with Crippen LogP contribution in [0.1, 0.15) is 0 Å². The van der Waals surface area contributed by atoms with E-state index in [9.17, 15) is 24.8 Å². The van der Waals surface area contributed by atoms with E-state index >= 15 is 0 Å². The van der Waals surface area contributed by atoms with Gasteiger partial charge in [-0.2, -0.15) is 0 Å². The zero-order chi connectivity index (χ0) is 25.7. The number of rotatable bonds is 11. The van der Waals surface area contributed by atoms with Crippen LogP contribution in [0.5, 0.6) is 11.5 Å². The van der Waals surface area contributed by atoms with E-state index in [4.69, 9.17) is 25.8 Å². The lowest BCUT2D eigenvalue weighted by Gasteiger charge is -2.30. The average Bonchev–Trinajstić information content (AvgIpc) is 2.87. The number of anilines is 2. The molecule has 0 saturated carbocycles. The molecule has 36 heavy (non-hydrogen) atoms. The Morgan fingerprint density at radius 2 is 1.72 bits per heavy atom. The minimum absolute atomic E-state index is 0. The number of fused-ring (bicyclic) bond motifs is 1. The summed E-state index contributed by atoms with van der Waals surface area (Å²) in [5.74, 6) is -0.117. The summed E-state index contributed by atoms with van der Waals surface area (Å²) in [5.41, 5.74) is 0.463. The summed E-state index contributed by atoms with van der Waals surface area (Å²) >= 11 is 9.14. The Morgan fingerprint density at radius 3 is 2.33 bits per heavy atom. The van der Waals surface area contributed by atoms with E-state index < -0.39 is 43.4 Å². The fourth-order valence-corrected chi connectivity index (χ4v) is 3.78. The van der Waals surface area contributed by atoms with E-state index in [1.54, 1.807) is 6.07 Å². The number of nitrogens with one attached hydrogen (secondary N) is 1. The third-order valence-corrected chi connectivity index (χ3v) is 6.52. The van der Waals surface area contributed by atoms with Crippen molar-refractivity contribution in [3.63, 3.8) is 0 Å². The van der Waals surface area contributed by atoms with E-state index in [-0.39, 0.29) is 33.5 Å². The molecule has 0 aliphatic rings. The van der Waals surface area contributed by atoms with Gasteiger partial charge in [-0.15, -0.1) is 0 Å². The molecule has 3 rings (SSSR count). The number of hydrogen-bond acceptors (Lipinski definition) is 10. The highest BCUT2D eigenvalue weighted by Crippen LogP contribution is 2.37. The van der Waals surface area contributed by atoms with Crippen molar-refractivity contribution in [2.75, 3.05) is 32.8 Å². The molecule has 0 unspecified atom stereocenters. The first kappa shape index (κ1) is 29.9. The van der Waals surface area contributed by atoms with Crippen LogP contribution in [-0.2, 0) is 4.74 Å². The van der Waals surface area contributed by atoms with Crippen molar-refractivity contribution in [1.29, 1.82) is 0 Å². The van der Waals surface area contributed by atoms with E-state index in [0.29, 0.717) is 15.4 Å². The summed E-state index contributed by atoms with van der Waals surface area (Å²) in [4.78, 5) is 8.38. The quantitative estimate of drug-likeness (QED) is 0.205. The van der Waals surface area contributed by atoms with Gasteiger partial charge < -0.3 is 45.4 Å².